The second kappa shape index (κ2) is 2.96. The molecule has 16 heavy (non-hydrogen) atoms. The molecule has 0 aliphatic carbocycles. The van der Waals surface area contributed by atoms with Gasteiger partial charge in [0.25, 0.3) is 0 Å². The highest BCUT2D eigenvalue weighted by molar-refractivity contribution is 5.81. The number of nitrogens with zero attached hydrogens (tertiary/aromatic N) is 3. The fourth-order valence-corrected chi connectivity index (χ4v) is 2.01. The lowest BCUT2D eigenvalue weighted by atomic mass is 10.0. The number of pyridine rings is 1. The van der Waals surface area contributed by atoms with E-state index in [1.54, 1.807) is 18.1 Å². The van der Waals surface area contributed by atoms with Gasteiger partial charge in [0, 0.05) is 18.8 Å². The van der Waals surface area contributed by atoms with Crippen LogP contribution in [0.25, 0.3) is 11.3 Å². The maximum absolute atomic E-state index is 10.1. The van der Waals surface area contributed by atoms with Crippen LogP contribution in [0.15, 0.2) is 18.3 Å². The Hall–Kier alpha value is -2.08. The number of H-pyrrole nitrogens is 1. The van der Waals surface area contributed by atoms with Crippen LogP contribution in [0.2, 0.25) is 0 Å². The highest BCUT2D eigenvalue weighted by Crippen LogP contribution is 2.42. The van der Waals surface area contributed by atoms with Crippen molar-refractivity contribution in [2.75, 3.05) is 17.7 Å². The molecule has 0 radical (unpaired) electrons. The van der Waals surface area contributed by atoms with Crippen molar-refractivity contribution in [3.8, 4) is 11.3 Å². The van der Waals surface area contributed by atoms with Gasteiger partial charge in [-0.1, -0.05) is 0 Å². The van der Waals surface area contributed by atoms with Crippen LogP contribution in [-0.2, 0) is 0 Å². The minimum absolute atomic E-state index is 0.323. The molecule has 1 aliphatic heterocycles. The lowest BCUT2D eigenvalue weighted by Gasteiger charge is -2.30. The van der Waals surface area contributed by atoms with Crippen LogP contribution in [0.5, 0.6) is 0 Å². The molecule has 4 N–H and O–H groups in total. The van der Waals surface area contributed by atoms with Gasteiger partial charge in [-0.05, 0) is 12.1 Å². The molecule has 2 aromatic heterocycles. The summed E-state index contributed by atoms with van der Waals surface area (Å²) in [5.41, 5.74) is 7.98. The number of hydrogen-bond acceptors (Lipinski definition) is 5. The minimum Gasteiger partial charge on any atom is -0.382 e. The van der Waals surface area contributed by atoms with E-state index in [1.165, 1.54) is 0 Å². The predicted molar refractivity (Wildman–Crippen MR) is 59.6 cm³/mol. The van der Waals surface area contributed by atoms with Crippen LogP contribution in [0.1, 0.15) is 11.8 Å². The largest absolute Gasteiger partial charge is 0.382 e. The van der Waals surface area contributed by atoms with Crippen LogP contribution in [0.3, 0.4) is 0 Å². The molecule has 0 saturated carbocycles. The molecule has 0 saturated heterocycles. The van der Waals surface area contributed by atoms with E-state index in [2.05, 4.69) is 15.2 Å². The zero-order valence-electron chi connectivity index (χ0n) is 8.68. The van der Waals surface area contributed by atoms with Gasteiger partial charge in [0.15, 0.2) is 12.0 Å². The Bertz CT molecular complexity index is 550. The number of nitrogen functional groups attached to an aromatic ring is 1. The molecule has 82 valence electrons. The molecular weight excluding hydrogens is 206 g/mol. The summed E-state index contributed by atoms with van der Waals surface area (Å²) in [5.74, 6) is 1.04. The number of hydrogen-bond donors (Lipinski definition) is 3. The molecule has 0 amide bonds. The van der Waals surface area contributed by atoms with Gasteiger partial charge in [-0.3, -0.25) is 5.10 Å². The third-order valence-electron chi connectivity index (χ3n) is 2.85. The quantitative estimate of drug-likeness (QED) is 0.597. The van der Waals surface area contributed by atoms with Gasteiger partial charge < -0.3 is 15.7 Å². The first-order valence-corrected chi connectivity index (χ1v) is 4.90. The predicted octanol–water partition coefficient (Wildman–Crippen LogP) is 0.495. The molecule has 0 aromatic carbocycles. The maximum atomic E-state index is 10.1. The highest BCUT2D eigenvalue weighted by Gasteiger charge is 2.31. The molecule has 6 nitrogen and oxygen atoms in total. The second-order valence-electron chi connectivity index (χ2n) is 3.76. The van der Waals surface area contributed by atoms with Crippen molar-refractivity contribution in [3.05, 3.63) is 23.9 Å². The summed E-state index contributed by atoms with van der Waals surface area (Å²) >= 11 is 0. The van der Waals surface area contributed by atoms with Crippen LogP contribution >= 0.6 is 0 Å². The molecule has 2 aromatic rings. The van der Waals surface area contributed by atoms with Gasteiger partial charge in [0.05, 0.1) is 11.3 Å². The standard InChI is InChI=1S/C10H11N5O/c1-15-9-5(3-2-4-12-9)7-6(10(15)16)8(11)14-13-7/h2-4,10,16H,1H3,(H3,11,13,14). The molecule has 1 atom stereocenters. The van der Waals surface area contributed by atoms with Gasteiger partial charge in [-0.25, -0.2) is 4.98 Å². The fourth-order valence-electron chi connectivity index (χ4n) is 2.01. The van der Waals surface area contributed by atoms with Crippen molar-refractivity contribution in [2.45, 2.75) is 6.23 Å². The van der Waals surface area contributed by atoms with Gasteiger partial charge in [-0.15, -0.1) is 0 Å². The van der Waals surface area contributed by atoms with Crippen molar-refractivity contribution < 1.29 is 5.11 Å². The minimum atomic E-state index is -0.809. The van der Waals surface area contributed by atoms with Crippen LogP contribution in [0, 0.1) is 0 Å². The molecule has 1 unspecified atom stereocenters. The zero-order valence-corrected chi connectivity index (χ0v) is 8.68. The fraction of sp³-hybridized carbons (Fsp3) is 0.200. The molecule has 3 heterocycles. The van der Waals surface area contributed by atoms with Gasteiger partial charge in [0.1, 0.15) is 5.82 Å². The van der Waals surface area contributed by atoms with Gasteiger partial charge >= 0.3 is 0 Å². The number of aromatic nitrogens is 3. The average Bonchev–Trinajstić information content (AvgIpc) is 2.69. The summed E-state index contributed by atoms with van der Waals surface area (Å²) in [5, 5.41) is 16.8. The van der Waals surface area contributed by atoms with Gasteiger partial charge in [0.2, 0.25) is 0 Å². The van der Waals surface area contributed by atoms with Crippen molar-refractivity contribution in [2.24, 2.45) is 0 Å². The van der Waals surface area contributed by atoms with Crippen molar-refractivity contribution in [3.63, 3.8) is 0 Å². The first kappa shape index (κ1) is 9.17. The highest BCUT2D eigenvalue weighted by atomic mass is 16.3. The lowest BCUT2D eigenvalue weighted by molar-refractivity contribution is 0.177. The van der Waals surface area contributed by atoms with Gasteiger partial charge in [-0.2, -0.15) is 5.10 Å². The Balaban J connectivity index is 2.34. The Morgan fingerprint density at radius 1 is 1.56 bits per heavy atom. The number of fused-ring (bicyclic) bond motifs is 3. The van der Waals surface area contributed by atoms with E-state index < -0.39 is 6.23 Å². The molecular formula is C10H11N5O. The van der Waals surface area contributed by atoms with Crippen molar-refractivity contribution >= 4 is 11.6 Å². The Morgan fingerprint density at radius 2 is 2.38 bits per heavy atom. The molecule has 1 aliphatic rings. The Morgan fingerprint density at radius 3 is 3.19 bits per heavy atom. The second-order valence-corrected chi connectivity index (χ2v) is 3.76. The van der Waals surface area contributed by atoms with E-state index in [1.807, 2.05) is 12.1 Å². The topological polar surface area (TPSA) is 91.1 Å². The third-order valence-corrected chi connectivity index (χ3v) is 2.85. The van der Waals surface area contributed by atoms with E-state index in [4.69, 9.17) is 5.73 Å². The molecule has 6 heteroatoms. The summed E-state index contributed by atoms with van der Waals surface area (Å²) in [7, 11) is 1.77. The Labute approximate surface area is 91.7 Å². The summed E-state index contributed by atoms with van der Waals surface area (Å²) in [6, 6.07) is 3.76. The number of aromatic amines is 1. The van der Waals surface area contributed by atoms with E-state index in [9.17, 15) is 5.11 Å². The van der Waals surface area contributed by atoms with Crippen LogP contribution in [0.4, 0.5) is 11.6 Å². The first-order valence-electron chi connectivity index (χ1n) is 4.90. The maximum Gasteiger partial charge on any atom is 0.159 e. The average molecular weight is 217 g/mol. The molecule has 0 spiro atoms. The molecule has 3 rings (SSSR count). The molecule has 0 fully saturated rings. The monoisotopic (exact) mass is 217 g/mol. The number of anilines is 2. The van der Waals surface area contributed by atoms with Crippen LogP contribution in [-0.4, -0.2) is 27.3 Å². The number of nitrogens with one attached hydrogen (secondary N) is 1. The smallest absolute Gasteiger partial charge is 0.159 e. The number of aliphatic hydroxyl groups excluding tert-OH is 1. The SMILES string of the molecule is CN1c2ncccc2-c2[nH]nc(N)c2C1O. The van der Waals surface area contributed by atoms with E-state index in [0.29, 0.717) is 17.2 Å². The first-order chi connectivity index (χ1) is 7.70. The van der Waals surface area contributed by atoms with Crippen molar-refractivity contribution in [1.82, 2.24) is 15.2 Å². The number of aliphatic hydroxyl groups is 1. The zero-order chi connectivity index (χ0) is 11.3. The lowest BCUT2D eigenvalue weighted by Crippen LogP contribution is -2.29. The normalized spacial score (nSPS) is 18.1. The number of rotatable bonds is 0. The van der Waals surface area contributed by atoms with E-state index in [0.717, 1.165) is 11.3 Å². The van der Waals surface area contributed by atoms with E-state index >= 15 is 0 Å². The Kier molecular flexibility index (Phi) is 1.69. The number of nitrogens with two attached hydrogens (primary N) is 1. The summed E-state index contributed by atoms with van der Waals surface area (Å²) in [6.07, 6.45) is 0.878. The third kappa shape index (κ3) is 0.989. The van der Waals surface area contributed by atoms with Crippen LogP contribution < -0.4 is 10.6 Å². The summed E-state index contributed by atoms with van der Waals surface area (Å²) in [6.45, 7) is 0. The summed E-state index contributed by atoms with van der Waals surface area (Å²) < 4.78 is 0. The summed E-state index contributed by atoms with van der Waals surface area (Å²) in [4.78, 5) is 5.91. The van der Waals surface area contributed by atoms with E-state index in [-0.39, 0.29) is 0 Å². The van der Waals surface area contributed by atoms with Crippen molar-refractivity contribution in [1.29, 1.82) is 0 Å². The molecule has 0 bridgehead atoms.